The third kappa shape index (κ3) is 3.18. The summed E-state index contributed by atoms with van der Waals surface area (Å²) in [5.74, 6) is 0.695. The summed E-state index contributed by atoms with van der Waals surface area (Å²) in [7, 11) is 0. The van der Waals surface area contributed by atoms with Crippen molar-refractivity contribution in [2.75, 3.05) is 0 Å². The van der Waals surface area contributed by atoms with E-state index in [0.717, 1.165) is 22.1 Å². The Bertz CT molecular complexity index is 1370. The molecule has 32 heavy (non-hydrogen) atoms. The molecule has 1 aliphatic heterocycles. The summed E-state index contributed by atoms with van der Waals surface area (Å²) in [5.41, 5.74) is 10.3. The molecule has 2 aliphatic rings. The fourth-order valence-corrected chi connectivity index (χ4v) is 4.67. The van der Waals surface area contributed by atoms with Gasteiger partial charge in [0.15, 0.2) is 11.5 Å². The number of hydrogen-bond acceptors (Lipinski definition) is 6. The highest BCUT2D eigenvalue weighted by Crippen LogP contribution is 2.48. The third-order valence-electron chi connectivity index (χ3n) is 6.22. The first-order valence-electron chi connectivity index (χ1n) is 10.6. The molecule has 0 spiro atoms. The van der Waals surface area contributed by atoms with Crippen molar-refractivity contribution < 1.29 is 14.1 Å². The fraction of sp³-hybridized carbons (Fsp3) is 0.269. The predicted octanol–water partition coefficient (Wildman–Crippen LogP) is 5.25. The first-order chi connectivity index (χ1) is 15.3. The van der Waals surface area contributed by atoms with Gasteiger partial charge in [0.05, 0.1) is 11.3 Å². The van der Waals surface area contributed by atoms with Crippen molar-refractivity contribution in [3.63, 3.8) is 0 Å². The number of ether oxygens (including phenoxy) is 1. The average molecular weight is 425 g/mol. The smallest absolute Gasteiger partial charge is 0.205 e. The van der Waals surface area contributed by atoms with Crippen LogP contribution in [0.25, 0.3) is 22.2 Å². The number of benzene rings is 2. The van der Waals surface area contributed by atoms with Crippen molar-refractivity contribution in [2.45, 2.75) is 39.5 Å². The molecule has 1 atom stereocenters. The van der Waals surface area contributed by atoms with Gasteiger partial charge in [-0.2, -0.15) is 5.26 Å². The van der Waals surface area contributed by atoms with Gasteiger partial charge in [-0.25, -0.2) is 0 Å². The number of Topliss-reactive ketones (excluding diaryl/α,β-unsaturated/α-hetero) is 1. The highest BCUT2D eigenvalue weighted by atomic mass is 16.5. The number of aromatic nitrogens is 1. The zero-order valence-electron chi connectivity index (χ0n) is 18.2. The molecule has 160 valence electrons. The van der Waals surface area contributed by atoms with Crippen molar-refractivity contribution in [2.24, 2.45) is 11.1 Å². The van der Waals surface area contributed by atoms with Crippen LogP contribution < -0.4 is 5.73 Å². The predicted molar refractivity (Wildman–Crippen MR) is 120 cm³/mol. The molecular weight excluding hydrogens is 402 g/mol. The topological polar surface area (TPSA) is 102 Å². The van der Waals surface area contributed by atoms with Crippen molar-refractivity contribution in [3.8, 4) is 17.4 Å². The van der Waals surface area contributed by atoms with E-state index in [1.165, 1.54) is 0 Å². The van der Waals surface area contributed by atoms with Gasteiger partial charge in [-0.05, 0) is 30.0 Å². The van der Waals surface area contributed by atoms with Gasteiger partial charge in [0.25, 0.3) is 0 Å². The molecule has 0 bridgehead atoms. The number of hydrogen-bond donors (Lipinski definition) is 1. The molecule has 0 amide bonds. The standard InChI is InChI=1S/C26H23N3O3/c1-14-4-6-15(7-5-14)24-17-10-16(8-9-19(17)29-32-24)22-18(13-27)25(28)31-21-12-26(2,3)11-20(30)23(21)22/h4-10,22H,11-12,28H2,1-3H3. The van der Waals surface area contributed by atoms with Crippen LogP contribution in [0.4, 0.5) is 0 Å². The minimum atomic E-state index is -0.572. The molecule has 1 aliphatic carbocycles. The number of rotatable bonds is 2. The maximum absolute atomic E-state index is 13.2. The number of nitrogens with zero attached hydrogens (tertiary/aromatic N) is 2. The Hall–Kier alpha value is -3.85. The Kier molecular flexibility index (Phi) is 4.45. The molecule has 2 aromatic carbocycles. The molecule has 1 aromatic heterocycles. The van der Waals surface area contributed by atoms with Crippen LogP contribution in [0.2, 0.25) is 0 Å². The Balaban J connectivity index is 1.69. The number of nitriles is 1. The van der Waals surface area contributed by atoms with Gasteiger partial charge in [0.1, 0.15) is 22.9 Å². The summed E-state index contributed by atoms with van der Waals surface area (Å²) in [6, 6.07) is 15.9. The van der Waals surface area contributed by atoms with Crippen LogP contribution in [-0.2, 0) is 9.53 Å². The molecule has 2 heterocycles. The van der Waals surface area contributed by atoms with Crippen molar-refractivity contribution in [1.29, 1.82) is 5.26 Å². The monoisotopic (exact) mass is 425 g/mol. The third-order valence-corrected chi connectivity index (χ3v) is 6.22. The van der Waals surface area contributed by atoms with Crippen molar-refractivity contribution in [1.82, 2.24) is 5.16 Å². The van der Waals surface area contributed by atoms with E-state index >= 15 is 0 Å². The van der Waals surface area contributed by atoms with Crippen molar-refractivity contribution in [3.05, 3.63) is 76.4 Å². The molecule has 0 saturated heterocycles. The number of nitrogens with two attached hydrogens (primary N) is 1. The maximum Gasteiger partial charge on any atom is 0.205 e. The number of ketones is 1. The van der Waals surface area contributed by atoms with Crippen LogP contribution in [0.5, 0.6) is 0 Å². The quantitative estimate of drug-likeness (QED) is 0.601. The summed E-state index contributed by atoms with van der Waals surface area (Å²) >= 11 is 0. The molecule has 6 nitrogen and oxygen atoms in total. The number of carbonyl (C=O) groups is 1. The second-order valence-corrected chi connectivity index (χ2v) is 9.36. The number of aryl methyl sites for hydroxylation is 1. The fourth-order valence-electron chi connectivity index (χ4n) is 4.67. The van der Waals surface area contributed by atoms with Gasteiger partial charge >= 0.3 is 0 Å². The van der Waals surface area contributed by atoms with Gasteiger partial charge in [-0.1, -0.05) is 54.9 Å². The Morgan fingerprint density at radius 1 is 1.16 bits per heavy atom. The van der Waals surface area contributed by atoms with Gasteiger partial charge in [0, 0.05) is 24.0 Å². The van der Waals surface area contributed by atoms with E-state index in [9.17, 15) is 10.1 Å². The molecule has 5 rings (SSSR count). The van der Waals surface area contributed by atoms with Crippen LogP contribution >= 0.6 is 0 Å². The summed E-state index contributed by atoms with van der Waals surface area (Å²) in [6.45, 7) is 6.09. The highest BCUT2D eigenvalue weighted by Gasteiger charge is 2.43. The molecule has 1 unspecified atom stereocenters. The first-order valence-corrected chi connectivity index (χ1v) is 10.6. The summed E-state index contributed by atoms with van der Waals surface area (Å²) in [6.07, 6.45) is 0.989. The number of allylic oxidation sites excluding steroid dienone is 3. The Morgan fingerprint density at radius 3 is 2.62 bits per heavy atom. The molecular formula is C26H23N3O3. The van der Waals surface area contributed by atoms with E-state index in [2.05, 4.69) is 11.2 Å². The molecule has 0 saturated carbocycles. The van der Waals surface area contributed by atoms with Crippen LogP contribution in [-0.4, -0.2) is 10.9 Å². The molecule has 0 fully saturated rings. The van der Waals surface area contributed by atoms with E-state index < -0.39 is 5.92 Å². The Morgan fingerprint density at radius 2 is 1.91 bits per heavy atom. The maximum atomic E-state index is 13.2. The number of carbonyl (C=O) groups excluding carboxylic acids is 1. The van der Waals surface area contributed by atoms with Gasteiger partial charge in [-0.3, -0.25) is 4.79 Å². The van der Waals surface area contributed by atoms with E-state index in [1.807, 2.05) is 63.2 Å². The Labute approximate surface area is 185 Å². The second kappa shape index (κ2) is 7.10. The van der Waals surface area contributed by atoms with Crippen LogP contribution in [0, 0.1) is 23.7 Å². The van der Waals surface area contributed by atoms with E-state index in [1.54, 1.807) is 0 Å². The lowest BCUT2D eigenvalue weighted by Crippen LogP contribution is -2.33. The molecule has 3 aromatic rings. The van der Waals surface area contributed by atoms with E-state index in [4.69, 9.17) is 15.0 Å². The lowest BCUT2D eigenvalue weighted by molar-refractivity contribution is -0.119. The lowest BCUT2D eigenvalue weighted by atomic mass is 9.70. The highest BCUT2D eigenvalue weighted by molar-refractivity contribution is 6.00. The van der Waals surface area contributed by atoms with Crippen LogP contribution in [0.1, 0.15) is 43.7 Å². The second-order valence-electron chi connectivity index (χ2n) is 9.36. The lowest BCUT2D eigenvalue weighted by Gasteiger charge is -2.37. The zero-order chi connectivity index (χ0) is 22.6. The number of fused-ring (bicyclic) bond motifs is 1. The minimum Gasteiger partial charge on any atom is -0.444 e. The van der Waals surface area contributed by atoms with Gasteiger partial charge < -0.3 is 15.0 Å². The van der Waals surface area contributed by atoms with E-state index in [-0.39, 0.29) is 22.7 Å². The zero-order valence-corrected chi connectivity index (χ0v) is 18.2. The molecule has 2 N–H and O–H groups in total. The summed E-state index contributed by atoms with van der Waals surface area (Å²) in [4.78, 5) is 13.2. The SMILES string of the molecule is Cc1ccc(-c2onc3ccc(C4C(C#N)=C(N)OC5=C4C(=O)CC(C)(C)C5)cc23)cc1. The molecule has 0 radical (unpaired) electrons. The normalized spacial score (nSPS) is 20.2. The van der Waals surface area contributed by atoms with Crippen molar-refractivity contribution >= 4 is 16.7 Å². The van der Waals surface area contributed by atoms with E-state index in [0.29, 0.717) is 35.5 Å². The van der Waals surface area contributed by atoms with Gasteiger partial charge in [0.2, 0.25) is 5.88 Å². The van der Waals surface area contributed by atoms with Crippen LogP contribution in [0.3, 0.4) is 0 Å². The summed E-state index contributed by atoms with van der Waals surface area (Å²) in [5, 5.41) is 14.9. The molecule has 6 heteroatoms. The van der Waals surface area contributed by atoms with Gasteiger partial charge in [-0.15, -0.1) is 0 Å². The first kappa shape index (κ1) is 20.1. The average Bonchev–Trinajstić information content (AvgIpc) is 3.15. The summed E-state index contributed by atoms with van der Waals surface area (Å²) < 4.78 is 11.4. The van der Waals surface area contributed by atoms with Crippen LogP contribution in [0.15, 0.2) is 69.8 Å². The largest absolute Gasteiger partial charge is 0.444 e. The minimum absolute atomic E-state index is 0.00864.